The van der Waals surface area contributed by atoms with Gasteiger partial charge in [-0.05, 0) is 42.7 Å². The van der Waals surface area contributed by atoms with Crippen LogP contribution in [0.2, 0.25) is 0 Å². The van der Waals surface area contributed by atoms with Crippen LogP contribution in [0, 0.1) is 27.9 Å². The second-order valence-corrected chi connectivity index (χ2v) is 7.92. The Bertz CT molecular complexity index is 536. The van der Waals surface area contributed by atoms with Crippen LogP contribution in [-0.4, -0.2) is 18.1 Å². The van der Waals surface area contributed by atoms with Crippen LogP contribution in [0.3, 0.4) is 0 Å². The lowest BCUT2D eigenvalue weighted by atomic mass is 9.75. The normalized spacial score (nSPS) is 25.5. The summed E-state index contributed by atoms with van der Waals surface area (Å²) in [6.45, 7) is 6.70. The zero-order valence-corrected chi connectivity index (χ0v) is 15.6. The highest BCUT2D eigenvalue weighted by Gasteiger charge is 2.34. The average molecular weight is 355 g/mol. The molecule has 1 unspecified atom stereocenters. The number of nitrogens with zero attached hydrogens (tertiary/aromatic N) is 1. The fourth-order valence-corrected chi connectivity index (χ4v) is 4.12. The molecular formula is C17H26NO5P. The number of nitro benzene ring substituents is 1. The van der Waals surface area contributed by atoms with Gasteiger partial charge in [-0.2, -0.15) is 0 Å². The lowest BCUT2D eigenvalue weighted by Crippen LogP contribution is -2.33. The second-order valence-electron chi connectivity index (χ2n) is 6.72. The first-order valence-electron chi connectivity index (χ1n) is 8.34. The summed E-state index contributed by atoms with van der Waals surface area (Å²) >= 11 is 0. The van der Waals surface area contributed by atoms with E-state index in [1.807, 2.05) is 0 Å². The molecule has 0 amide bonds. The monoisotopic (exact) mass is 355 g/mol. The maximum atomic E-state index is 10.7. The Morgan fingerprint density at radius 3 is 2.46 bits per heavy atom. The van der Waals surface area contributed by atoms with E-state index in [0.717, 1.165) is 12.8 Å². The van der Waals surface area contributed by atoms with Gasteiger partial charge >= 0.3 is 8.60 Å². The minimum absolute atomic E-state index is 0.0333. The van der Waals surface area contributed by atoms with Crippen molar-refractivity contribution >= 4 is 14.3 Å². The lowest BCUT2D eigenvalue weighted by Gasteiger charge is -2.37. The molecule has 6 nitrogen and oxygen atoms in total. The summed E-state index contributed by atoms with van der Waals surface area (Å²) in [5.41, 5.74) is 0.0333. The number of benzene rings is 1. The Morgan fingerprint density at radius 1 is 1.25 bits per heavy atom. The largest absolute Gasteiger partial charge is 0.427 e. The molecule has 4 atom stereocenters. The van der Waals surface area contributed by atoms with Crippen LogP contribution in [0.4, 0.5) is 5.69 Å². The highest BCUT2D eigenvalue weighted by atomic mass is 31.2. The van der Waals surface area contributed by atoms with Gasteiger partial charge in [-0.15, -0.1) is 0 Å². The maximum Gasteiger partial charge on any atom is 0.397 e. The highest BCUT2D eigenvalue weighted by molar-refractivity contribution is 7.42. The summed E-state index contributed by atoms with van der Waals surface area (Å²) in [5.74, 6) is 2.20. The molecule has 0 aromatic heterocycles. The van der Waals surface area contributed by atoms with Gasteiger partial charge in [0.15, 0.2) is 0 Å². The van der Waals surface area contributed by atoms with E-state index < -0.39 is 13.5 Å². The van der Waals surface area contributed by atoms with Crippen molar-refractivity contribution in [3.63, 3.8) is 0 Å². The van der Waals surface area contributed by atoms with Gasteiger partial charge in [0.1, 0.15) is 5.75 Å². The molecule has 0 saturated heterocycles. The highest BCUT2D eigenvalue weighted by Crippen LogP contribution is 2.46. The third-order valence-electron chi connectivity index (χ3n) is 4.56. The van der Waals surface area contributed by atoms with E-state index in [4.69, 9.17) is 13.6 Å². The van der Waals surface area contributed by atoms with Crippen molar-refractivity contribution in [3.8, 4) is 5.75 Å². The van der Waals surface area contributed by atoms with E-state index in [9.17, 15) is 10.1 Å². The third-order valence-corrected chi connectivity index (χ3v) is 5.66. The number of nitro groups is 1. The molecular weight excluding hydrogens is 329 g/mol. The zero-order valence-electron chi connectivity index (χ0n) is 14.7. The first-order valence-corrected chi connectivity index (χ1v) is 9.43. The number of rotatable bonds is 7. The lowest BCUT2D eigenvalue weighted by molar-refractivity contribution is -0.384. The summed E-state index contributed by atoms with van der Waals surface area (Å²) in [5, 5.41) is 10.7. The standard InChI is InChI=1S/C17H26NO5P/c1-12(2)16-10-5-13(3)11-17(16)23-24(21-4)22-15-8-6-14(7-9-15)18(19)20/h6-9,12-13,16-17H,5,10-11H2,1-4H3/t13-,16+,17-,24?/m1/s1. The Kier molecular flexibility index (Phi) is 6.96. The van der Waals surface area contributed by atoms with Crippen molar-refractivity contribution in [2.75, 3.05) is 7.11 Å². The smallest absolute Gasteiger partial charge is 0.397 e. The molecule has 0 spiro atoms. The molecule has 1 fully saturated rings. The van der Waals surface area contributed by atoms with Crippen LogP contribution >= 0.6 is 8.60 Å². The van der Waals surface area contributed by atoms with Crippen molar-refractivity contribution < 1.29 is 18.5 Å². The number of hydrogen-bond donors (Lipinski definition) is 0. The molecule has 0 aliphatic heterocycles. The third kappa shape index (κ3) is 5.13. The molecule has 1 aliphatic rings. The fourth-order valence-electron chi connectivity index (χ4n) is 3.16. The number of non-ortho nitro benzene ring substituents is 1. The summed E-state index contributed by atoms with van der Waals surface area (Å²) in [6, 6.07) is 5.97. The predicted molar refractivity (Wildman–Crippen MR) is 93.9 cm³/mol. The van der Waals surface area contributed by atoms with Gasteiger partial charge in [0.2, 0.25) is 0 Å². The van der Waals surface area contributed by atoms with Gasteiger partial charge in [-0.3, -0.25) is 14.6 Å². The fraction of sp³-hybridized carbons (Fsp3) is 0.647. The molecule has 0 bridgehead atoms. The minimum atomic E-state index is -1.52. The first kappa shape index (κ1) is 19.1. The molecule has 24 heavy (non-hydrogen) atoms. The van der Waals surface area contributed by atoms with Gasteiger partial charge in [0.05, 0.1) is 11.0 Å². The van der Waals surface area contributed by atoms with Crippen LogP contribution in [-0.2, 0) is 9.05 Å². The van der Waals surface area contributed by atoms with E-state index in [2.05, 4.69) is 20.8 Å². The molecule has 1 aromatic carbocycles. The molecule has 134 valence electrons. The van der Waals surface area contributed by atoms with Gasteiger partial charge in [-0.25, -0.2) is 0 Å². The molecule has 1 aromatic rings. The van der Waals surface area contributed by atoms with Crippen LogP contribution in [0.15, 0.2) is 24.3 Å². The molecule has 2 rings (SSSR count). The molecule has 0 N–H and O–H groups in total. The molecule has 0 heterocycles. The van der Waals surface area contributed by atoms with Crippen molar-refractivity contribution in [1.29, 1.82) is 0 Å². The van der Waals surface area contributed by atoms with Crippen molar-refractivity contribution in [2.24, 2.45) is 17.8 Å². The predicted octanol–water partition coefficient (Wildman–Crippen LogP) is 5.32. The second kappa shape index (κ2) is 8.75. The topological polar surface area (TPSA) is 70.8 Å². The van der Waals surface area contributed by atoms with Gasteiger partial charge in [-0.1, -0.05) is 27.2 Å². The van der Waals surface area contributed by atoms with Crippen molar-refractivity contribution in [2.45, 2.75) is 46.1 Å². The average Bonchev–Trinajstić information content (AvgIpc) is 2.54. The van der Waals surface area contributed by atoms with Crippen LogP contribution in [0.5, 0.6) is 5.75 Å². The molecule has 7 heteroatoms. The van der Waals surface area contributed by atoms with Crippen LogP contribution in [0.1, 0.15) is 40.0 Å². The molecule has 0 radical (unpaired) electrons. The summed E-state index contributed by atoms with van der Waals surface area (Å²) in [6.07, 6.45) is 3.53. The maximum absolute atomic E-state index is 10.7. The minimum Gasteiger partial charge on any atom is -0.427 e. The van der Waals surface area contributed by atoms with Gasteiger partial charge in [0.25, 0.3) is 5.69 Å². The summed E-state index contributed by atoms with van der Waals surface area (Å²) < 4.78 is 17.3. The van der Waals surface area contributed by atoms with E-state index in [1.54, 1.807) is 19.2 Å². The van der Waals surface area contributed by atoms with Gasteiger partial charge in [0, 0.05) is 19.2 Å². The summed E-state index contributed by atoms with van der Waals surface area (Å²) in [7, 11) is 0.0404. The first-order chi connectivity index (χ1) is 11.4. The van der Waals surface area contributed by atoms with E-state index in [0.29, 0.717) is 23.5 Å². The van der Waals surface area contributed by atoms with E-state index in [-0.39, 0.29) is 11.8 Å². The molecule has 1 aliphatic carbocycles. The van der Waals surface area contributed by atoms with Crippen LogP contribution in [0.25, 0.3) is 0 Å². The van der Waals surface area contributed by atoms with Crippen molar-refractivity contribution in [1.82, 2.24) is 0 Å². The zero-order chi connectivity index (χ0) is 17.7. The van der Waals surface area contributed by atoms with Crippen LogP contribution < -0.4 is 4.52 Å². The quantitative estimate of drug-likeness (QED) is 0.376. The Hall–Kier alpha value is -1.23. The molecule has 1 saturated carbocycles. The number of hydrogen-bond acceptors (Lipinski definition) is 5. The van der Waals surface area contributed by atoms with E-state index in [1.165, 1.54) is 18.6 Å². The van der Waals surface area contributed by atoms with Gasteiger partial charge < -0.3 is 9.05 Å². The Balaban J connectivity index is 2.00. The Labute approximate surface area is 144 Å². The summed E-state index contributed by atoms with van der Waals surface area (Å²) in [4.78, 5) is 10.3. The SMILES string of the molecule is COP(Oc1ccc([N+](=O)[O-])cc1)O[C@@H]1C[C@H](C)CC[C@H]1C(C)C. The Morgan fingerprint density at radius 2 is 1.92 bits per heavy atom. The van der Waals surface area contributed by atoms with E-state index >= 15 is 0 Å². The van der Waals surface area contributed by atoms with Crippen molar-refractivity contribution in [3.05, 3.63) is 34.4 Å².